The summed E-state index contributed by atoms with van der Waals surface area (Å²) in [5, 5.41) is 5.20. The summed E-state index contributed by atoms with van der Waals surface area (Å²) in [6.07, 6.45) is 3.44. The number of carbonyl (C=O) groups is 1. The van der Waals surface area contributed by atoms with Gasteiger partial charge in [0.15, 0.2) is 0 Å². The summed E-state index contributed by atoms with van der Waals surface area (Å²) in [6.45, 7) is 3.62. The molecule has 2 saturated heterocycles. The Labute approximate surface area is 154 Å². The van der Waals surface area contributed by atoms with Gasteiger partial charge in [-0.2, -0.15) is 0 Å². The lowest BCUT2D eigenvalue weighted by molar-refractivity contribution is -0.183. The molecule has 2 aliphatic heterocycles. The molecule has 1 aromatic rings. The number of aryl methyl sites for hydroxylation is 1. The first kappa shape index (κ1) is 19.3. The molecule has 2 fully saturated rings. The van der Waals surface area contributed by atoms with Crippen LogP contribution in [0, 0.1) is 6.92 Å². The van der Waals surface area contributed by atoms with Crippen LogP contribution < -0.4 is 5.14 Å². The summed E-state index contributed by atoms with van der Waals surface area (Å²) in [6, 6.07) is 4.40. The van der Waals surface area contributed by atoms with E-state index < -0.39 is 10.0 Å². The van der Waals surface area contributed by atoms with Crippen LogP contribution >= 0.6 is 0 Å². The molecule has 0 unspecified atom stereocenters. The van der Waals surface area contributed by atoms with Crippen molar-refractivity contribution in [2.75, 3.05) is 26.8 Å². The van der Waals surface area contributed by atoms with E-state index >= 15 is 0 Å². The van der Waals surface area contributed by atoms with Crippen LogP contribution in [0.4, 0.5) is 0 Å². The molecule has 0 aromatic heterocycles. The van der Waals surface area contributed by atoms with Crippen molar-refractivity contribution in [3.05, 3.63) is 29.3 Å². The first-order chi connectivity index (χ1) is 12.3. The van der Waals surface area contributed by atoms with E-state index in [2.05, 4.69) is 0 Å². The number of benzene rings is 1. The number of hydrogen-bond acceptors (Lipinski definition) is 5. The highest BCUT2D eigenvalue weighted by Gasteiger charge is 2.45. The molecule has 26 heavy (non-hydrogen) atoms. The molecule has 1 spiro atoms. The van der Waals surface area contributed by atoms with E-state index in [1.165, 1.54) is 12.1 Å². The molecule has 7 nitrogen and oxygen atoms in total. The fraction of sp³-hybridized carbons (Fsp3) is 0.611. The summed E-state index contributed by atoms with van der Waals surface area (Å²) >= 11 is 0. The van der Waals surface area contributed by atoms with Crippen molar-refractivity contribution < 1.29 is 22.7 Å². The standard InChI is InChI=1S/C18H26N2O5S/c1-13-5-6-14(26(19,22)23)12-15(13)17(21)20-9-7-18(8-10-20)16(24-2)4-3-11-25-18/h5-6,12,16H,3-4,7-11H2,1-2H3,(H2,19,22,23)/t16-/m0/s1. The van der Waals surface area contributed by atoms with Gasteiger partial charge in [0, 0.05) is 32.4 Å². The number of ether oxygens (including phenoxy) is 2. The predicted octanol–water partition coefficient (Wildman–Crippen LogP) is 1.44. The van der Waals surface area contributed by atoms with Gasteiger partial charge in [0.25, 0.3) is 5.91 Å². The molecule has 2 N–H and O–H groups in total. The van der Waals surface area contributed by atoms with Gasteiger partial charge >= 0.3 is 0 Å². The Morgan fingerprint density at radius 2 is 2.04 bits per heavy atom. The maximum atomic E-state index is 12.9. The zero-order valence-corrected chi connectivity index (χ0v) is 16.0. The van der Waals surface area contributed by atoms with Gasteiger partial charge in [-0.05, 0) is 50.3 Å². The number of likely N-dealkylation sites (tertiary alicyclic amines) is 1. The normalized spacial score (nSPS) is 23.2. The van der Waals surface area contributed by atoms with Gasteiger partial charge in [0.1, 0.15) is 0 Å². The van der Waals surface area contributed by atoms with E-state index in [9.17, 15) is 13.2 Å². The number of sulfonamides is 1. The van der Waals surface area contributed by atoms with Crippen LogP contribution in [0.25, 0.3) is 0 Å². The van der Waals surface area contributed by atoms with Crippen LogP contribution in [0.1, 0.15) is 41.6 Å². The molecular formula is C18H26N2O5S. The number of hydrogen-bond donors (Lipinski definition) is 1. The monoisotopic (exact) mass is 382 g/mol. The van der Waals surface area contributed by atoms with Crippen molar-refractivity contribution in [2.24, 2.45) is 5.14 Å². The van der Waals surface area contributed by atoms with E-state index in [1.54, 1.807) is 25.0 Å². The highest BCUT2D eigenvalue weighted by molar-refractivity contribution is 7.89. The van der Waals surface area contributed by atoms with Gasteiger partial charge in [0.2, 0.25) is 10.0 Å². The Hall–Kier alpha value is -1.48. The molecule has 1 atom stereocenters. The van der Waals surface area contributed by atoms with Crippen LogP contribution in [-0.2, 0) is 19.5 Å². The third-order valence-electron chi connectivity index (χ3n) is 5.54. The maximum absolute atomic E-state index is 12.9. The average molecular weight is 382 g/mol. The molecule has 0 bridgehead atoms. The van der Waals surface area contributed by atoms with E-state index in [4.69, 9.17) is 14.6 Å². The number of carbonyl (C=O) groups excluding carboxylic acids is 1. The molecule has 3 rings (SSSR count). The highest BCUT2D eigenvalue weighted by Crippen LogP contribution is 2.37. The van der Waals surface area contributed by atoms with Gasteiger partial charge < -0.3 is 14.4 Å². The first-order valence-corrected chi connectivity index (χ1v) is 10.4. The van der Waals surface area contributed by atoms with E-state index in [0.29, 0.717) is 31.5 Å². The number of piperidine rings is 1. The third kappa shape index (κ3) is 3.64. The predicted molar refractivity (Wildman–Crippen MR) is 96.4 cm³/mol. The zero-order chi connectivity index (χ0) is 18.9. The summed E-state index contributed by atoms with van der Waals surface area (Å²) in [4.78, 5) is 14.6. The second-order valence-electron chi connectivity index (χ2n) is 7.09. The van der Waals surface area contributed by atoms with Crippen molar-refractivity contribution in [3.8, 4) is 0 Å². The first-order valence-electron chi connectivity index (χ1n) is 8.86. The minimum atomic E-state index is -3.85. The molecule has 1 amide bonds. The maximum Gasteiger partial charge on any atom is 0.254 e. The molecule has 0 saturated carbocycles. The number of primary sulfonamides is 1. The molecule has 144 valence electrons. The lowest BCUT2D eigenvalue weighted by atomic mass is 9.81. The number of amides is 1. The topological polar surface area (TPSA) is 98.9 Å². The fourth-order valence-corrected chi connectivity index (χ4v) is 4.51. The fourth-order valence-electron chi connectivity index (χ4n) is 3.97. The Morgan fingerprint density at radius 1 is 1.35 bits per heavy atom. The van der Waals surface area contributed by atoms with Crippen molar-refractivity contribution in [3.63, 3.8) is 0 Å². The molecule has 2 heterocycles. The smallest absolute Gasteiger partial charge is 0.254 e. The Kier molecular flexibility index (Phi) is 5.39. The molecule has 8 heteroatoms. The van der Waals surface area contributed by atoms with Gasteiger partial charge in [-0.3, -0.25) is 4.79 Å². The SMILES string of the molecule is CO[C@H]1CCCOC12CCN(C(=O)c1cc(S(N)(=O)=O)ccc1C)CC2. The van der Waals surface area contributed by atoms with Gasteiger partial charge in [0.05, 0.1) is 16.6 Å². The third-order valence-corrected chi connectivity index (χ3v) is 6.45. The number of rotatable bonds is 3. The Balaban J connectivity index is 1.77. The largest absolute Gasteiger partial charge is 0.378 e. The Bertz CT molecular complexity index is 785. The van der Waals surface area contributed by atoms with E-state index in [0.717, 1.165) is 25.0 Å². The minimum Gasteiger partial charge on any atom is -0.378 e. The van der Waals surface area contributed by atoms with Gasteiger partial charge in [-0.1, -0.05) is 6.07 Å². The number of nitrogens with zero attached hydrogens (tertiary/aromatic N) is 1. The summed E-state index contributed by atoms with van der Waals surface area (Å²) in [5.41, 5.74) is 0.785. The van der Waals surface area contributed by atoms with Crippen LogP contribution in [0.15, 0.2) is 23.1 Å². The summed E-state index contributed by atoms with van der Waals surface area (Å²) < 4.78 is 34.9. The number of nitrogens with two attached hydrogens (primary N) is 1. The van der Waals surface area contributed by atoms with E-state index in [-0.39, 0.29) is 22.5 Å². The lowest BCUT2D eigenvalue weighted by Gasteiger charge is -2.48. The molecule has 2 aliphatic rings. The molecule has 0 radical (unpaired) electrons. The van der Waals surface area contributed by atoms with Crippen molar-refractivity contribution in [1.29, 1.82) is 0 Å². The van der Waals surface area contributed by atoms with E-state index in [1.807, 2.05) is 0 Å². The van der Waals surface area contributed by atoms with Crippen LogP contribution in [0.3, 0.4) is 0 Å². The molecule has 1 aromatic carbocycles. The molecular weight excluding hydrogens is 356 g/mol. The highest BCUT2D eigenvalue weighted by atomic mass is 32.2. The second kappa shape index (κ2) is 7.26. The van der Waals surface area contributed by atoms with Crippen molar-refractivity contribution >= 4 is 15.9 Å². The van der Waals surface area contributed by atoms with Crippen molar-refractivity contribution in [1.82, 2.24) is 4.90 Å². The lowest BCUT2D eigenvalue weighted by Crippen LogP contribution is -2.56. The summed E-state index contributed by atoms with van der Waals surface area (Å²) in [7, 11) is -2.14. The summed E-state index contributed by atoms with van der Waals surface area (Å²) in [5.74, 6) is -0.173. The van der Waals surface area contributed by atoms with Crippen LogP contribution in [0.5, 0.6) is 0 Å². The Morgan fingerprint density at radius 3 is 2.65 bits per heavy atom. The van der Waals surface area contributed by atoms with Gasteiger partial charge in [-0.25, -0.2) is 13.6 Å². The van der Waals surface area contributed by atoms with Crippen LogP contribution in [0.2, 0.25) is 0 Å². The quantitative estimate of drug-likeness (QED) is 0.853. The average Bonchev–Trinajstić information content (AvgIpc) is 2.61. The van der Waals surface area contributed by atoms with Gasteiger partial charge in [-0.15, -0.1) is 0 Å². The van der Waals surface area contributed by atoms with Crippen LogP contribution in [-0.4, -0.2) is 57.7 Å². The zero-order valence-electron chi connectivity index (χ0n) is 15.2. The molecule has 0 aliphatic carbocycles. The van der Waals surface area contributed by atoms with Crippen molar-refractivity contribution in [2.45, 2.75) is 49.2 Å². The second-order valence-corrected chi connectivity index (χ2v) is 8.66. The number of methoxy groups -OCH3 is 1. The minimum absolute atomic E-state index is 0.0463.